The smallest absolute Gasteiger partial charge is 0.283 e. The second-order valence-electron chi connectivity index (χ2n) is 6.27. The van der Waals surface area contributed by atoms with E-state index in [0.29, 0.717) is 11.5 Å². The second kappa shape index (κ2) is 6.76. The fourth-order valence-electron chi connectivity index (χ4n) is 3.15. The van der Waals surface area contributed by atoms with Crippen LogP contribution in [0.15, 0.2) is 41.7 Å². The molecule has 1 amide bonds. The Morgan fingerprint density at radius 1 is 1.27 bits per heavy atom. The van der Waals surface area contributed by atoms with Crippen LogP contribution in [0.5, 0.6) is 0 Å². The number of nitrogens with zero attached hydrogens (tertiary/aromatic N) is 4. The summed E-state index contributed by atoms with van der Waals surface area (Å²) in [7, 11) is 0. The number of amides is 1. The standard InChI is InChI=1S/C18H18N6O.ClH/c1-10-4-7-14-12(3-2-8-21-14)15(10)24-16(11-5-6-11)13(9-22-24)17(25)23-18(19)20;/h2-4,7-9,11H,5-6H2,1H3,(H4,19,20,23,25);1H. The molecule has 0 spiro atoms. The summed E-state index contributed by atoms with van der Waals surface area (Å²) in [6.07, 6.45) is 5.36. The zero-order chi connectivity index (χ0) is 17.6. The van der Waals surface area contributed by atoms with Gasteiger partial charge in [0.2, 0.25) is 0 Å². The van der Waals surface area contributed by atoms with Gasteiger partial charge in [0.15, 0.2) is 5.96 Å². The van der Waals surface area contributed by atoms with Gasteiger partial charge in [-0.3, -0.25) is 9.78 Å². The maximum atomic E-state index is 12.4. The first-order chi connectivity index (χ1) is 12.1. The van der Waals surface area contributed by atoms with E-state index in [-0.39, 0.29) is 18.4 Å². The third-order valence-electron chi connectivity index (χ3n) is 4.40. The number of carbonyl (C=O) groups excluding carboxylic acids is 1. The molecule has 1 aromatic carbocycles. The first-order valence-electron chi connectivity index (χ1n) is 8.13. The van der Waals surface area contributed by atoms with Crippen molar-refractivity contribution in [2.24, 2.45) is 16.5 Å². The number of aliphatic imine (C=N–C) groups is 1. The average Bonchev–Trinajstić information content (AvgIpc) is 3.33. The van der Waals surface area contributed by atoms with Crippen LogP contribution >= 0.6 is 12.4 Å². The van der Waals surface area contributed by atoms with Gasteiger partial charge in [0, 0.05) is 17.5 Å². The van der Waals surface area contributed by atoms with Crippen molar-refractivity contribution in [3.05, 3.63) is 53.5 Å². The summed E-state index contributed by atoms with van der Waals surface area (Å²) in [6, 6.07) is 7.91. The summed E-state index contributed by atoms with van der Waals surface area (Å²) in [5.74, 6) is -0.406. The molecule has 134 valence electrons. The topological polar surface area (TPSA) is 112 Å². The lowest BCUT2D eigenvalue weighted by molar-refractivity contribution is 0.100. The maximum Gasteiger partial charge on any atom is 0.283 e. The Labute approximate surface area is 156 Å². The van der Waals surface area contributed by atoms with Crippen LogP contribution in [0.3, 0.4) is 0 Å². The molecule has 4 rings (SSSR count). The van der Waals surface area contributed by atoms with E-state index in [1.807, 2.05) is 35.9 Å². The molecule has 1 fully saturated rings. The van der Waals surface area contributed by atoms with Crippen LogP contribution in [0.2, 0.25) is 0 Å². The first-order valence-corrected chi connectivity index (χ1v) is 8.13. The van der Waals surface area contributed by atoms with Gasteiger partial charge in [0.1, 0.15) is 0 Å². The molecular formula is C18H19ClN6O. The Morgan fingerprint density at radius 3 is 2.73 bits per heavy atom. The zero-order valence-corrected chi connectivity index (χ0v) is 15.0. The molecule has 1 aliphatic rings. The molecule has 4 N–H and O–H groups in total. The number of carbonyl (C=O) groups is 1. The van der Waals surface area contributed by atoms with Gasteiger partial charge in [-0.25, -0.2) is 4.68 Å². The Bertz CT molecular complexity index is 1020. The van der Waals surface area contributed by atoms with E-state index in [9.17, 15) is 4.79 Å². The van der Waals surface area contributed by atoms with E-state index in [2.05, 4.69) is 15.1 Å². The van der Waals surface area contributed by atoms with Crippen molar-refractivity contribution in [1.82, 2.24) is 14.8 Å². The Morgan fingerprint density at radius 2 is 2.04 bits per heavy atom. The molecule has 3 aromatic rings. The van der Waals surface area contributed by atoms with E-state index in [1.54, 1.807) is 12.4 Å². The van der Waals surface area contributed by atoms with Crippen LogP contribution in [0.1, 0.15) is 40.4 Å². The SMILES string of the molecule is Cc1ccc2ncccc2c1-n1ncc(C(=O)N=C(N)N)c1C1CC1.Cl. The zero-order valence-electron chi connectivity index (χ0n) is 14.2. The number of guanidine groups is 1. The van der Waals surface area contributed by atoms with Gasteiger partial charge < -0.3 is 11.5 Å². The minimum absolute atomic E-state index is 0. The maximum absolute atomic E-state index is 12.4. The molecule has 8 heteroatoms. The third-order valence-corrected chi connectivity index (χ3v) is 4.40. The fraction of sp³-hybridized carbons (Fsp3) is 0.222. The largest absolute Gasteiger partial charge is 0.370 e. The third kappa shape index (κ3) is 3.01. The van der Waals surface area contributed by atoms with E-state index in [1.165, 1.54) is 0 Å². The van der Waals surface area contributed by atoms with Crippen LogP contribution in [-0.2, 0) is 0 Å². The van der Waals surface area contributed by atoms with Crippen molar-refractivity contribution in [2.45, 2.75) is 25.7 Å². The molecule has 0 aliphatic heterocycles. The summed E-state index contributed by atoms with van der Waals surface area (Å²) < 4.78 is 1.85. The highest BCUT2D eigenvalue weighted by atomic mass is 35.5. The fourth-order valence-corrected chi connectivity index (χ4v) is 3.15. The lowest BCUT2D eigenvalue weighted by Crippen LogP contribution is -2.24. The number of hydrogen-bond donors (Lipinski definition) is 2. The van der Waals surface area contributed by atoms with Crippen molar-refractivity contribution in [1.29, 1.82) is 0 Å². The van der Waals surface area contributed by atoms with E-state index in [4.69, 9.17) is 11.5 Å². The number of fused-ring (bicyclic) bond motifs is 1. The number of hydrogen-bond acceptors (Lipinski definition) is 3. The van der Waals surface area contributed by atoms with Gasteiger partial charge in [0.05, 0.1) is 28.7 Å². The van der Waals surface area contributed by atoms with Crippen molar-refractivity contribution in [2.75, 3.05) is 0 Å². The van der Waals surface area contributed by atoms with Crippen LogP contribution in [-0.4, -0.2) is 26.6 Å². The molecule has 7 nitrogen and oxygen atoms in total. The summed E-state index contributed by atoms with van der Waals surface area (Å²) in [5, 5.41) is 5.50. The van der Waals surface area contributed by atoms with Gasteiger partial charge in [-0.2, -0.15) is 10.1 Å². The van der Waals surface area contributed by atoms with Crippen LogP contribution in [0.25, 0.3) is 16.6 Å². The van der Waals surface area contributed by atoms with Gasteiger partial charge in [-0.15, -0.1) is 12.4 Å². The minimum atomic E-state index is -0.454. The molecule has 0 bridgehead atoms. The van der Waals surface area contributed by atoms with Gasteiger partial charge in [-0.05, 0) is 43.5 Å². The van der Waals surface area contributed by atoms with E-state index >= 15 is 0 Å². The number of nitrogens with two attached hydrogens (primary N) is 2. The minimum Gasteiger partial charge on any atom is -0.370 e. The van der Waals surface area contributed by atoms with Crippen molar-refractivity contribution in [3.63, 3.8) is 0 Å². The number of benzene rings is 1. The van der Waals surface area contributed by atoms with Crippen LogP contribution in [0, 0.1) is 6.92 Å². The summed E-state index contributed by atoms with van der Waals surface area (Å²) in [4.78, 5) is 20.5. The van der Waals surface area contributed by atoms with Crippen LogP contribution < -0.4 is 11.5 Å². The highest BCUT2D eigenvalue weighted by molar-refractivity contribution is 6.03. The van der Waals surface area contributed by atoms with Crippen molar-refractivity contribution < 1.29 is 4.79 Å². The molecule has 2 heterocycles. The Kier molecular flexibility index (Phi) is 4.65. The number of pyridine rings is 1. The van der Waals surface area contributed by atoms with E-state index in [0.717, 1.165) is 40.7 Å². The molecule has 1 saturated carbocycles. The van der Waals surface area contributed by atoms with Gasteiger partial charge in [0.25, 0.3) is 5.91 Å². The van der Waals surface area contributed by atoms with Crippen LogP contribution in [0.4, 0.5) is 0 Å². The average molecular weight is 371 g/mol. The number of aromatic nitrogens is 3. The van der Waals surface area contributed by atoms with Gasteiger partial charge in [-0.1, -0.05) is 6.07 Å². The lowest BCUT2D eigenvalue weighted by atomic mass is 10.1. The molecule has 0 radical (unpaired) electrons. The Hall–Kier alpha value is -2.93. The first kappa shape index (κ1) is 17.9. The Balaban J connectivity index is 0.00000196. The number of rotatable bonds is 3. The lowest BCUT2D eigenvalue weighted by Gasteiger charge is -2.13. The predicted molar refractivity (Wildman–Crippen MR) is 103 cm³/mol. The van der Waals surface area contributed by atoms with Crippen molar-refractivity contribution in [3.8, 4) is 5.69 Å². The molecule has 0 unspecified atom stereocenters. The molecule has 26 heavy (non-hydrogen) atoms. The molecule has 0 saturated heterocycles. The quantitative estimate of drug-likeness (QED) is 0.543. The number of aryl methyl sites for hydroxylation is 1. The molecule has 2 aromatic heterocycles. The molecule has 0 atom stereocenters. The summed E-state index contributed by atoms with van der Waals surface area (Å²) >= 11 is 0. The monoisotopic (exact) mass is 370 g/mol. The second-order valence-corrected chi connectivity index (χ2v) is 6.27. The normalized spacial score (nSPS) is 13.3. The predicted octanol–water partition coefficient (Wildman–Crippen LogP) is 2.44. The summed E-state index contributed by atoms with van der Waals surface area (Å²) in [5.41, 5.74) is 14.9. The molecular weight excluding hydrogens is 352 g/mol. The summed E-state index contributed by atoms with van der Waals surface area (Å²) in [6.45, 7) is 2.03. The van der Waals surface area contributed by atoms with Crippen molar-refractivity contribution >= 4 is 35.2 Å². The number of halogens is 1. The molecule has 1 aliphatic carbocycles. The van der Waals surface area contributed by atoms with E-state index < -0.39 is 5.91 Å². The highest BCUT2D eigenvalue weighted by Crippen LogP contribution is 2.43. The highest BCUT2D eigenvalue weighted by Gasteiger charge is 2.33. The van der Waals surface area contributed by atoms with Gasteiger partial charge >= 0.3 is 0 Å².